The second kappa shape index (κ2) is 5.72. The van der Waals surface area contributed by atoms with Crippen molar-refractivity contribution in [3.8, 4) is 0 Å². The van der Waals surface area contributed by atoms with E-state index < -0.39 is 0 Å². The Morgan fingerprint density at radius 1 is 1.23 bits per heavy atom. The number of aromatic nitrogens is 2. The zero-order valence-corrected chi connectivity index (χ0v) is 8.27. The lowest BCUT2D eigenvalue weighted by Crippen LogP contribution is -2.32. The summed E-state index contributed by atoms with van der Waals surface area (Å²) in [4.78, 5) is 0. The number of imidazole rings is 1. The van der Waals surface area contributed by atoms with Crippen LogP contribution < -0.4 is 4.57 Å². The summed E-state index contributed by atoms with van der Waals surface area (Å²) in [6.07, 6.45) is 5.90. The molecule has 0 saturated heterocycles. The normalized spacial score (nSPS) is 10.6. The standard InChI is InChI=1S/C9H17N2O2/c1-3-12-8-10-5-6-11(7-10)9-13-4-2/h5-7H,3-4,8-9H2,1-2H3/q+1. The second-order valence-electron chi connectivity index (χ2n) is 2.69. The summed E-state index contributed by atoms with van der Waals surface area (Å²) in [5.74, 6) is 0. The average molecular weight is 185 g/mol. The van der Waals surface area contributed by atoms with E-state index in [0.717, 1.165) is 13.2 Å². The molecule has 4 nitrogen and oxygen atoms in total. The number of hydrogen-bond acceptors (Lipinski definition) is 2. The van der Waals surface area contributed by atoms with Crippen molar-refractivity contribution in [3.63, 3.8) is 0 Å². The van der Waals surface area contributed by atoms with Crippen LogP contribution in [0.4, 0.5) is 0 Å². The van der Waals surface area contributed by atoms with Crippen molar-refractivity contribution in [2.45, 2.75) is 27.3 Å². The minimum atomic E-state index is 0.607. The Balaban J connectivity index is 2.34. The van der Waals surface area contributed by atoms with Crippen LogP contribution in [0.1, 0.15) is 13.8 Å². The lowest BCUT2D eigenvalue weighted by molar-refractivity contribution is -0.732. The topological polar surface area (TPSA) is 27.3 Å². The number of ether oxygens (including phenoxy) is 2. The summed E-state index contributed by atoms with van der Waals surface area (Å²) in [6, 6.07) is 0. The summed E-state index contributed by atoms with van der Waals surface area (Å²) in [5.41, 5.74) is 0. The molecule has 0 aliphatic heterocycles. The third-order valence-electron chi connectivity index (χ3n) is 1.64. The van der Waals surface area contributed by atoms with Crippen LogP contribution >= 0.6 is 0 Å². The molecule has 0 spiro atoms. The van der Waals surface area contributed by atoms with Crippen LogP contribution in [0.15, 0.2) is 18.7 Å². The molecule has 0 aliphatic carbocycles. The predicted octanol–water partition coefficient (Wildman–Crippen LogP) is 0.764. The molecule has 0 amide bonds. The summed E-state index contributed by atoms with van der Waals surface area (Å²) in [6.45, 7) is 6.66. The van der Waals surface area contributed by atoms with E-state index >= 15 is 0 Å². The lowest BCUT2D eigenvalue weighted by Gasteiger charge is -1.96. The number of rotatable bonds is 6. The van der Waals surface area contributed by atoms with E-state index in [1.807, 2.05) is 41.7 Å². The van der Waals surface area contributed by atoms with Gasteiger partial charge in [0.15, 0.2) is 13.5 Å². The molecule has 1 aromatic heterocycles. The smallest absolute Gasteiger partial charge is 0.247 e. The van der Waals surface area contributed by atoms with Crippen molar-refractivity contribution >= 4 is 0 Å². The number of hydrogen-bond donors (Lipinski definition) is 0. The molecule has 0 aliphatic rings. The first-order valence-corrected chi connectivity index (χ1v) is 4.57. The van der Waals surface area contributed by atoms with Crippen molar-refractivity contribution in [3.05, 3.63) is 18.7 Å². The molecule has 1 aromatic rings. The van der Waals surface area contributed by atoms with Crippen molar-refractivity contribution in [2.24, 2.45) is 0 Å². The van der Waals surface area contributed by atoms with E-state index in [0.29, 0.717) is 13.5 Å². The van der Waals surface area contributed by atoms with Gasteiger partial charge >= 0.3 is 0 Å². The Kier molecular flexibility index (Phi) is 4.49. The van der Waals surface area contributed by atoms with Gasteiger partial charge in [0.1, 0.15) is 12.4 Å². The summed E-state index contributed by atoms with van der Waals surface area (Å²) < 4.78 is 14.4. The molecule has 1 rings (SSSR count). The molecule has 0 atom stereocenters. The molecule has 0 unspecified atom stereocenters. The van der Waals surface area contributed by atoms with Crippen LogP contribution in [-0.2, 0) is 22.9 Å². The van der Waals surface area contributed by atoms with Crippen LogP contribution in [0.25, 0.3) is 0 Å². The van der Waals surface area contributed by atoms with E-state index in [1.54, 1.807) is 0 Å². The van der Waals surface area contributed by atoms with E-state index in [9.17, 15) is 0 Å². The van der Waals surface area contributed by atoms with Gasteiger partial charge in [-0.25, -0.2) is 9.13 Å². The molecule has 0 fully saturated rings. The fourth-order valence-electron chi connectivity index (χ4n) is 0.985. The van der Waals surface area contributed by atoms with Gasteiger partial charge in [0, 0.05) is 13.2 Å². The maximum absolute atomic E-state index is 5.25. The molecule has 0 bridgehead atoms. The highest BCUT2D eigenvalue weighted by Crippen LogP contribution is 1.86. The summed E-state index contributed by atoms with van der Waals surface area (Å²) in [5, 5.41) is 0. The Bertz CT molecular complexity index is 213. The van der Waals surface area contributed by atoms with Crippen LogP contribution in [0.5, 0.6) is 0 Å². The SMILES string of the molecule is CCOCn1cc[n+](COCC)c1. The highest BCUT2D eigenvalue weighted by atomic mass is 16.5. The van der Waals surface area contributed by atoms with Gasteiger partial charge < -0.3 is 9.47 Å². The largest absolute Gasteiger partial charge is 0.342 e. The average Bonchev–Trinajstić information content (AvgIpc) is 2.59. The van der Waals surface area contributed by atoms with Crippen LogP contribution in [0, 0.1) is 0 Å². The lowest BCUT2D eigenvalue weighted by atomic mass is 10.8. The predicted molar refractivity (Wildman–Crippen MR) is 47.9 cm³/mol. The molecule has 74 valence electrons. The van der Waals surface area contributed by atoms with Gasteiger partial charge in [-0.3, -0.25) is 0 Å². The van der Waals surface area contributed by atoms with Crippen LogP contribution in [-0.4, -0.2) is 17.8 Å². The summed E-state index contributed by atoms with van der Waals surface area (Å²) in [7, 11) is 0. The van der Waals surface area contributed by atoms with E-state index in [2.05, 4.69) is 0 Å². The Hall–Kier alpha value is -0.870. The summed E-state index contributed by atoms with van der Waals surface area (Å²) >= 11 is 0. The highest BCUT2D eigenvalue weighted by molar-refractivity contribution is 4.63. The molecule has 0 radical (unpaired) electrons. The molecule has 0 saturated carbocycles. The first-order valence-electron chi connectivity index (χ1n) is 4.57. The molecule has 0 aromatic carbocycles. The van der Waals surface area contributed by atoms with Gasteiger partial charge in [-0.1, -0.05) is 0 Å². The molecule has 1 heterocycles. The Labute approximate surface area is 78.7 Å². The Morgan fingerprint density at radius 3 is 2.69 bits per heavy atom. The molecule has 4 heteroatoms. The van der Waals surface area contributed by atoms with Gasteiger partial charge in [0.2, 0.25) is 6.33 Å². The molecule has 13 heavy (non-hydrogen) atoms. The minimum Gasteiger partial charge on any atom is -0.342 e. The third-order valence-corrected chi connectivity index (χ3v) is 1.64. The van der Waals surface area contributed by atoms with Gasteiger partial charge in [-0.15, -0.1) is 0 Å². The Morgan fingerprint density at radius 2 is 2.00 bits per heavy atom. The van der Waals surface area contributed by atoms with E-state index in [1.165, 1.54) is 0 Å². The van der Waals surface area contributed by atoms with Crippen molar-refractivity contribution in [1.29, 1.82) is 0 Å². The van der Waals surface area contributed by atoms with Crippen LogP contribution in [0.2, 0.25) is 0 Å². The van der Waals surface area contributed by atoms with E-state index in [4.69, 9.17) is 9.47 Å². The van der Waals surface area contributed by atoms with Crippen LogP contribution in [0.3, 0.4) is 0 Å². The van der Waals surface area contributed by atoms with Crippen molar-refractivity contribution in [2.75, 3.05) is 13.2 Å². The van der Waals surface area contributed by atoms with Gasteiger partial charge in [-0.2, -0.15) is 0 Å². The van der Waals surface area contributed by atoms with Gasteiger partial charge in [-0.05, 0) is 13.8 Å². The van der Waals surface area contributed by atoms with Crippen molar-refractivity contribution < 1.29 is 14.0 Å². The molecular weight excluding hydrogens is 168 g/mol. The van der Waals surface area contributed by atoms with E-state index in [-0.39, 0.29) is 0 Å². The zero-order valence-electron chi connectivity index (χ0n) is 8.27. The molecular formula is C9H17N2O2+. The van der Waals surface area contributed by atoms with Gasteiger partial charge in [0.05, 0.1) is 0 Å². The molecule has 0 N–H and O–H groups in total. The maximum atomic E-state index is 5.25. The fraction of sp³-hybridized carbons (Fsp3) is 0.667. The minimum absolute atomic E-state index is 0.607. The van der Waals surface area contributed by atoms with Gasteiger partial charge in [0.25, 0.3) is 0 Å². The first-order chi connectivity index (χ1) is 6.36. The monoisotopic (exact) mass is 185 g/mol. The first kappa shape index (κ1) is 10.2. The third kappa shape index (κ3) is 3.57. The number of nitrogens with zero attached hydrogens (tertiary/aromatic N) is 2. The zero-order chi connectivity index (χ0) is 9.52. The fourth-order valence-corrected chi connectivity index (χ4v) is 0.985. The highest BCUT2D eigenvalue weighted by Gasteiger charge is 2.01. The maximum Gasteiger partial charge on any atom is 0.247 e. The van der Waals surface area contributed by atoms with Crippen molar-refractivity contribution in [1.82, 2.24) is 4.57 Å². The quantitative estimate of drug-likeness (QED) is 0.612. The second-order valence-corrected chi connectivity index (χ2v) is 2.69.